The van der Waals surface area contributed by atoms with Gasteiger partial charge >= 0.3 is 0 Å². The van der Waals surface area contributed by atoms with E-state index < -0.39 is 0 Å². The molecule has 2 aliphatic heterocycles. The van der Waals surface area contributed by atoms with Crippen molar-refractivity contribution >= 4 is 0 Å². The zero-order chi connectivity index (χ0) is 15.1. The van der Waals surface area contributed by atoms with Gasteiger partial charge in [0.2, 0.25) is 0 Å². The Labute approximate surface area is 129 Å². The number of rotatable bonds is 1. The van der Waals surface area contributed by atoms with E-state index in [4.69, 9.17) is 5.26 Å². The van der Waals surface area contributed by atoms with E-state index in [2.05, 4.69) is 11.4 Å². The fourth-order valence-corrected chi connectivity index (χ4v) is 3.86. The summed E-state index contributed by atoms with van der Waals surface area (Å²) in [5.41, 5.74) is 3.98. The fourth-order valence-electron chi connectivity index (χ4n) is 3.86. The molecule has 3 heterocycles. The van der Waals surface area contributed by atoms with Gasteiger partial charge in [0.15, 0.2) is 0 Å². The Morgan fingerprint density at radius 3 is 3.00 bits per heavy atom. The van der Waals surface area contributed by atoms with Crippen molar-refractivity contribution in [3.8, 4) is 17.2 Å². The normalized spacial score (nSPS) is 22.7. The first-order chi connectivity index (χ1) is 10.8. The SMILES string of the molecule is N#Cc1cccc(-c2ccc(=O)n3c2[C@@H]2CNC[C@H](C2)C3)c1. The summed E-state index contributed by atoms with van der Waals surface area (Å²) in [5.74, 6) is 0.923. The van der Waals surface area contributed by atoms with Gasteiger partial charge in [0.25, 0.3) is 5.56 Å². The number of piperidine rings is 1. The largest absolute Gasteiger partial charge is 0.316 e. The van der Waals surface area contributed by atoms with Gasteiger partial charge in [-0.1, -0.05) is 12.1 Å². The monoisotopic (exact) mass is 291 g/mol. The maximum Gasteiger partial charge on any atom is 0.250 e. The number of nitrogens with zero attached hydrogens (tertiary/aromatic N) is 2. The van der Waals surface area contributed by atoms with Gasteiger partial charge in [-0.15, -0.1) is 0 Å². The topological polar surface area (TPSA) is 57.8 Å². The lowest BCUT2D eigenvalue weighted by Crippen LogP contribution is -2.45. The van der Waals surface area contributed by atoms with Crippen molar-refractivity contribution in [3.05, 3.63) is 58.0 Å². The van der Waals surface area contributed by atoms with Gasteiger partial charge in [0, 0.05) is 36.3 Å². The van der Waals surface area contributed by atoms with Crippen LogP contribution in [0.15, 0.2) is 41.2 Å². The number of nitrogens with one attached hydrogen (secondary N) is 1. The average molecular weight is 291 g/mol. The van der Waals surface area contributed by atoms with Gasteiger partial charge in [-0.3, -0.25) is 4.79 Å². The molecule has 0 aliphatic carbocycles. The Morgan fingerprint density at radius 1 is 1.23 bits per heavy atom. The van der Waals surface area contributed by atoms with Crippen molar-refractivity contribution in [2.45, 2.75) is 18.9 Å². The molecule has 1 saturated heterocycles. The van der Waals surface area contributed by atoms with E-state index in [1.807, 2.05) is 34.9 Å². The van der Waals surface area contributed by atoms with Gasteiger partial charge in [0.05, 0.1) is 11.6 Å². The molecule has 1 aromatic carbocycles. The summed E-state index contributed by atoms with van der Waals surface area (Å²) < 4.78 is 1.95. The lowest BCUT2D eigenvalue weighted by atomic mass is 9.81. The molecule has 1 aromatic heterocycles. The second-order valence-corrected chi connectivity index (χ2v) is 6.23. The third-order valence-electron chi connectivity index (χ3n) is 4.80. The van der Waals surface area contributed by atoms with Crippen molar-refractivity contribution in [3.63, 3.8) is 0 Å². The summed E-state index contributed by atoms with van der Waals surface area (Å²) in [4.78, 5) is 12.3. The minimum atomic E-state index is 0.0896. The van der Waals surface area contributed by atoms with E-state index >= 15 is 0 Å². The highest BCUT2D eigenvalue weighted by atomic mass is 16.1. The maximum atomic E-state index is 12.3. The molecule has 1 N–H and O–H groups in total. The van der Waals surface area contributed by atoms with Crippen LogP contribution in [0, 0.1) is 17.2 Å². The highest BCUT2D eigenvalue weighted by Gasteiger charge is 2.32. The van der Waals surface area contributed by atoms with Gasteiger partial charge in [0.1, 0.15) is 0 Å². The molecule has 2 aliphatic rings. The lowest BCUT2D eigenvalue weighted by Gasteiger charge is -2.38. The Kier molecular flexibility index (Phi) is 3.09. The smallest absolute Gasteiger partial charge is 0.250 e. The van der Waals surface area contributed by atoms with Crippen LogP contribution < -0.4 is 10.9 Å². The molecule has 4 heteroatoms. The molecule has 2 bridgehead atoms. The molecular formula is C18H17N3O. The Bertz CT molecular complexity index is 831. The summed E-state index contributed by atoms with van der Waals surface area (Å²) >= 11 is 0. The molecule has 22 heavy (non-hydrogen) atoms. The molecule has 2 aromatic rings. The van der Waals surface area contributed by atoms with Crippen LogP contribution in [-0.2, 0) is 6.54 Å². The summed E-state index contributed by atoms with van der Waals surface area (Å²) in [6.45, 7) is 2.71. The standard InChI is InChI=1S/C18H17N3O/c19-8-12-2-1-3-14(6-12)16-4-5-17(22)21-11-13-7-15(18(16)21)10-20-9-13/h1-6,13,15,20H,7,9-11H2/t13-,15-/m0/s1. The molecule has 0 amide bonds. The van der Waals surface area contributed by atoms with E-state index in [1.54, 1.807) is 6.07 Å². The summed E-state index contributed by atoms with van der Waals surface area (Å²) in [7, 11) is 0. The Hall–Kier alpha value is -2.38. The van der Waals surface area contributed by atoms with Crippen LogP contribution in [0.25, 0.3) is 11.1 Å². The van der Waals surface area contributed by atoms with Crippen LogP contribution in [0.5, 0.6) is 0 Å². The number of fused-ring (bicyclic) bond motifs is 4. The lowest BCUT2D eigenvalue weighted by molar-refractivity contribution is 0.258. The summed E-state index contributed by atoms with van der Waals surface area (Å²) in [6, 6.07) is 13.4. The Balaban J connectivity index is 1.93. The highest BCUT2D eigenvalue weighted by molar-refractivity contribution is 5.68. The van der Waals surface area contributed by atoms with Crippen molar-refractivity contribution < 1.29 is 0 Å². The number of pyridine rings is 1. The first-order valence-electron chi connectivity index (χ1n) is 7.71. The fraction of sp³-hybridized carbons (Fsp3) is 0.333. The van der Waals surface area contributed by atoms with Gasteiger partial charge in [-0.2, -0.15) is 5.26 Å². The third-order valence-corrected chi connectivity index (χ3v) is 4.80. The van der Waals surface area contributed by atoms with Gasteiger partial charge < -0.3 is 9.88 Å². The zero-order valence-electron chi connectivity index (χ0n) is 12.2. The molecule has 0 unspecified atom stereocenters. The number of aromatic nitrogens is 1. The van der Waals surface area contributed by atoms with Crippen LogP contribution in [0.4, 0.5) is 0 Å². The quantitative estimate of drug-likeness (QED) is 0.875. The van der Waals surface area contributed by atoms with Crippen molar-refractivity contribution in [1.82, 2.24) is 9.88 Å². The minimum Gasteiger partial charge on any atom is -0.316 e. The zero-order valence-corrected chi connectivity index (χ0v) is 12.2. The van der Waals surface area contributed by atoms with E-state index in [-0.39, 0.29) is 5.56 Å². The van der Waals surface area contributed by atoms with E-state index in [0.717, 1.165) is 42.9 Å². The second-order valence-electron chi connectivity index (χ2n) is 6.23. The number of hydrogen-bond donors (Lipinski definition) is 1. The van der Waals surface area contributed by atoms with Crippen LogP contribution in [0.3, 0.4) is 0 Å². The van der Waals surface area contributed by atoms with Crippen LogP contribution in [0.2, 0.25) is 0 Å². The van der Waals surface area contributed by atoms with Crippen molar-refractivity contribution in [2.75, 3.05) is 13.1 Å². The molecule has 2 atom stereocenters. The van der Waals surface area contributed by atoms with E-state index in [1.165, 1.54) is 0 Å². The van der Waals surface area contributed by atoms with Crippen LogP contribution in [-0.4, -0.2) is 17.7 Å². The van der Waals surface area contributed by atoms with Gasteiger partial charge in [-0.05, 0) is 42.6 Å². The molecule has 110 valence electrons. The summed E-state index contributed by atoms with van der Waals surface area (Å²) in [6.07, 6.45) is 1.14. The van der Waals surface area contributed by atoms with Crippen molar-refractivity contribution in [2.24, 2.45) is 5.92 Å². The molecule has 0 saturated carbocycles. The summed E-state index contributed by atoms with van der Waals surface area (Å²) in [5, 5.41) is 12.6. The maximum absolute atomic E-state index is 12.3. The predicted octanol–water partition coefficient (Wildman–Crippen LogP) is 2.09. The molecule has 1 fully saturated rings. The second kappa shape index (κ2) is 5.11. The highest BCUT2D eigenvalue weighted by Crippen LogP contribution is 2.37. The number of benzene rings is 1. The molecule has 4 nitrogen and oxygen atoms in total. The van der Waals surface area contributed by atoms with E-state index in [9.17, 15) is 4.79 Å². The predicted molar refractivity (Wildman–Crippen MR) is 84.6 cm³/mol. The van der Waals surface area contributed by atoms with Crippen molar-refractivity contribution in [1.29, 1.82) is 5.26 Å². The average Bonchev–Trinajstić information content (AvgIpc) is 2.56. The van der Waals surface area contributed by atoms with Crippen LogP contribution >= 0.6 is 0 Å². The number of nitriles is 1. The minimum absolute atomic E-state index is 0.0896. The number of hydrogen-bond acceptors (Lipinski definition) is 3. The molecule has 0 spiro atoms. The Morgan fingerprint density at radius 2 is 2.14 bits per heavy atom. The van der Waals surface area contributed by atoms with E-state index in [0.29, 0.717) is 17.4 Å². The molecular weight excluding hydrogens is 274 g/mol. The first-order valence-corrected chi connectivity index (χ1v) is 7.71. The van der Waals surface area contributed by atoms with Gasteiger partial charge in [-0.25, -0.2) is 0 Å². The first kappa shape index (κ1) is 13.3. The third kappa shape index (κ3) is 2.06. The van der Waals surface area contributed by atoms with Crippen LogP contribution in [0.1, 0.15) is 23.6 Å². The molecule has 0 radical (unpaired) electrons. The molecule has 4 rings (SSSR count).